The van der Waals surface area contributed by atoms with Crippen molar-refractivity contribution in [2.45, 2.75) is 124 Å². The van der Waals surface area contributed by atoms with Crippen LogP contribution in [0.15, 0.2) is 0 Å². The van der Waals surface area contributed by atoms with Crippen LogP contribution < -0.4 is 0 Å². The molecule has 0 aromatic carbocycles. The van der Waals surface area contributed by atoms with Gasteiger partial charge < -0.3 is 0 Å². The van der Waals surface area contributed by atoms with Gasteiger partial charge in [-0.25, -0.2) is 0 Å². The van der Waals surface area contributed by atoms with Crippen LogP contribution in [0.25, 0.3) is 0 Å². The highest BCUT2D eigenvalue weighted by atomic mass is 14.3. The molecule has 0 heteroatoms. The van der Waals surface area contributed by atoms with Crippen LogP contribution in [0.3, 0.4) is 0 Å². The molecule has 0 aromatic heterocycles. The van der Waals surface area contributed by atoms with Crippen molar-refractivity contribution in [2.24, 2.45) is 5.41 Å². The maximum Gasteiger partial charge on any atom is -0.0303 e. The van der Waals surface area contributed by atoms with E-state index in [1.807, 2.05) is 0 Å². The summed E-state index contributed by atoms with van der Waals surface area (Å²) in [6.45, 7) is 9.45. The van der Waals surface area contributed by atoms with Crippen LogP contribution in [0.2, 0.25) is 0 Å². The van der Waals surface area contributed by atoms with E-state index in [2.05, 4.69) is 27.7 Å². The average molecular weight is 283 g/mol. The van der Waals surface area contributed by atoms with Gasteiger partial charge in [0.1, 0.15) is 0 Å². The quantitative estimate of drug-likeness (QED) is 0.268. The van der Waals surface area contributed by atoms with Crippen LogP contribution in [-0.4, -0.2) is 0 Å². The third kappa shape index (κ3) is 9.83. The highest BCUT2D eigenvalue weighted by molar-refractivity contribution is 4.76. The average Bonchev–Trinajstić information content (AvgIpc) is 2.48. The van der Waals surface area contributed by atoms with Gasteiger partial charge in [-0.3, -0.25) is 0 Å². The fourth-order valence-corrected chi connectivity index (χ4v) is 3.47. The molecule has 0 atom stereocenters. The fraction of sp³-hybridized carbons (Fsp3) is 1.00. The Morgan fingerprint density at radius 1 is 0.450 bits per heavy atom. The molecule has 0 nitrogen and oxygen atoms in total. The summed E-state index contributed by atoms with van der Waals surface area (Å²) in [5, 5.41) is 0. The van der Waals surface area contributed by atoms with Crippen LogP contribution in [0.5, 0.6) is 0 Å². The van der Waals surface area contributed by atoms with E-state index in [1.165, 1.54) is 96.3 Å². The first kappa shape index (κ1) is 20.0. The van der Waals surface area contributed by atoms with Gasteiger partial charge >= 0.3 is 0 Å². The van der Waals surface area contributed by atoms with E-state index in [9.17, 15) is 0 Å². The Hall–Kier alpha value is 0. The molecule has 0 radical (unpaired) electrons. The smallest absolute Gasteiger partial charge is 0.0303 e. The summed E-state index contributed by atoms with van der Waals surface area (Å²) in [5.41, 5.74) is 0.678. The first-order chi connectivity index (χ1) is 9.74. The lowest BCUT2D eigenvalue weighted by molar-refractivity contribution is 0.203. The third-order valence-corrected chi connectivity index (χ3v) is 5.37. The first-order valence-corrected chi connectivity index (χ1v) is 9.74. The molecular weight excluding hydrogens is 240 g/mol. The van der Waals surface area contributed by atoms with Gasteiger partial charge in [-0.2, -0.15) is 0 Å². The molecule has 0 fully saturated rings. The summed E-state index contributed by atoms with van der Waals surface area (Å²) < 4.78 is 0. The van der Waals surface area contributed by atoms with Crippen LogP contribution in [0.1, 0.15) is 124 Å². The van der Waals surface area contributed by atoms with E-state index in [4.69, 9.17) is 0 Å². The minimum atomic E-state index is 0.678. The van der Waals surface area contributed by atoms with E-state index in [1.54, 1.807) is 0 Å². The SMILES string of the molecule is CCCCCCCCCCC(CC)(CC)CCCCC. The largest absolute Gasteiger partial charge is 0.0654 e. The Labute approximate surface area is 130 Å². The Morgan fingerprint density at radius 3 is 1.25 bits per heavy atom. The normalized spacial score (nSPS) is 12.0. The minimum Gasteiger partial charge on any atom is -0.0654 e. The summed E-state index contributed by atoms with van der Waals surface area (Å²) >= 11 is 0. The number of hydrogen-bond acceptors (Lipinski definition) is 0. The lowest BCUT2D eigenvalue weighted by atomic mass is 9.74. The molecule has 0 spiro atoms. The predicted octanol–water partition coefficient (Wildman–Crippen LogP) is 7.90. The molecular formula is C20H42. The van der Waals surface area contributed by atoms with Crippen molar-refractivity contribution in [3.63, 3.8) is 0 Å². The van der Waals surface area contributed by atoms with Gasteiger partial charge in [-0.15, -0.1) is 0 Å². The van der Waals surface area contributed by atoms with Gasteiger partial charge in [-0.05, 0) is 18.3 Å². The second kappa shape index (κ2) is 14.0. The number of rotatable bonds is 15. The lowest BCUT2D eigenvalue weighted by Gasteiger charge is -2.32. The Balaban J connectivity index is 3.69. The first-order valence-electron chi connectivity index (χ1n) is 9.74. The number of hydrogen-bond donors (Lipinski definition) is 0. The van der Waals surface area contributed by atoms with E-state index in [-0.39, 0.29) is 0 Å². The molecule has 0 amide bonds. The highest BCUT2D eigenvalue weighted by Gasteiger charge is 2.24. The summed E-state index contributed by atoms with van der Waals surface area (Å²) in [5.74, 6) is 0. The van der Waals surface area contributed by atoms with Crippen molar-refractivity contribution in [1.82, 2.24) is 0 Å². The van der Waals surface area contributed by atoms with Gasteiger partial charge in [0.25, 0.3) is 0 Å². The fourth-order valence-electron chi connectivity index (χ4n) is 3.47. The molecule has 0 aliphatic rings. The molecule has 20 heavy (non-hydrogen) atoms. The predicted molar refractivity (Wildman–Crippen MR) is 94.4 cm³/mol. The zero-order chi connectivity index (χ0) is 15.1. The summed E-state index contributed by atoms with van der Waals surface area (Å²) in [7, 11) is 0. The molecule has 0 unspecified atom stereocenters. The lowest BCUT2D eigenvalue weighted by Crippen LogP contribution is -2.18. The Morgan fingerprint density at radius 2 is 0.800 bits per heavy atom. The van der Waals surface area contributed by atoms with Crippen LogP contribution >= 0.6 is 0 Å². The molecule has 0 N–H and O–H groups in total. The Bertz CT molecular complexity index is 178. The van der Waals surface area contributed by atoms with Gasteiger partial charge in [0, 0.05) is 0 Å². The third-order valence-electron chi connectivity index (χ3n) is 5.37. The van der Waals surface area contributed by atoms with Crippen molar-refractivity contribution in [3.05, 3.63) is 0 Å². The monoisotopic (exact) mass is 282 g/mol. The molecule has 0 rings (SSSR count). The molecule has 122 valence electrons. The van der Waals surface area contributed by atoms with Crippen molar-refractivity contribution >= 4 is 0 Å². The van der Waals surface area contributed by atoms with Crippen molar-refractivity contribution in [1.29, 1.82) is 0 Å². The second-order valence-electron chi connectivity index (χ2n) is 6.89. The maximum atomic E-state index is 2.42. The van der Waals surface area contributed by atoms with Gasteiger partial charge in [0.05, 0.1) is 0 Å². The van der Waals surface area contributed by atoms with Gasteiger partial charge in [0.15, 0.2) is 0 Å². The van der Waals surface area contributed by atoms with E-state index >= 15 is 0 Å². The summed E-state index contributed by atoms with van der Waals surface area (Å²) in [4.78, 5) is 0. The molecule has 0 aliphatic carbocycles. The molecule has 0 aliphatic heterocycles. The molecule has 0 heterocycles. The zero-order valence-corrected chi connectivity index (χ0v) is 15.1. The summed E-state index contributed by atoms with van der Waals surface area (Å²) in [6, 6.07) is 0. The summed E-state index contributed by atoms with van der Waals surface area (Å²) in [6.07, 6.45) is 21.6. The maximum absolute atomic E-state index is 2.42. The molecule has 0 saturated heterocycles. The zero-order valence-electron chi connectivity index (χ0n) is 15.1. The highest BCUT2D eigenvalue weighted by Crippen LogP contribution is 2.38. The van der Waals surface area contributed by atoms with Crippen molar-refractivity contribution in [2.75, 3.05) is 0 Å². The van der Waals surface area contributed by atoms with E-state index in [0.29, 0.717) is 5.41 Å². The molecule has 0 bridgehead atoms. The topological polar surface area (TPSA) is 0 Å². The van der Waals surface area contributed by atoms with E-state index in [0.717, 1.165) is 0 Å². The van der Waals surface area contributed by atoms with Crippen molar-refractivity contribution < 1.29 is 0 Å². The van der Waals surface area contributed by atoms with Gasteiger partial charge in [-0.1, -0.05) is 111 Å². The second-order valence-corrected chi connectivity index (χ2v) is 6.89. The van der Waals surface area contributed by atoms with Crippen LogP contribution in [0.4, 0.5) is 0 Å². The van der Waals surface area contributed by atoms with Crippen molar-refractivity contribution in [3.8, 4) is 0 Å². The number of unbranched alkanes of at least 4 members (excludes halogenated alkanes) is 9. The Kier molecular flexibility index (Phi) is 14.0. The van der Waals surface area contributed by atoms with Gasteiger partial charge in [0.2, 0.25) is 0 Å². The minimum absolute atomic E-state index is 0.678. The molecule has 0 aromatic rings. The van der Waals surface area contributed by atoms with Crippen LogP contribution in [-0.2, 0) is 0 Å². The standard InChI is InChI=1S/C20H42/c1-5-9-11-12-13-14-15-17-19-20(7-3,8-4)18-16-10-6-2/h5-19H2,1-4H3. The molecule has 0 saturated carbocycles. The van der Waals surface area contributed by atoms with Crippen LogP contribution in [0, 0.1) is 5.41 Å². The van der Waals surface area contributed by atoms with E-state index < -0.39 is 0 Å².